The molecule has 0 bridgehead atoms. The molecule has 4 unspecified atom stereocenters. The van der Waals surface area contributed by atoms with E-state index in [9.17, 15) is 9.59 Å². The van der Waals surface area contributed by atoms with Crippen LogP contribution in [0.15, 0.2) is 46.8 Å². The number of allylic oxidation sites excluding steroid dienone is 5. The summed E-state index contributed by atoms with van der Waals surface area (Å²) in [5.41, 5.74) is 2.16. The van der Waals surface area contributed by atoms with Crippen molar-refractivity contribution in [1.82, 2.24) is 0 Å². The van der Waals surface area contributed by atoms with Gasteiger partial charge in [0.05, 0.1) is 24.9 Å². The molecule has 0 saturated carbocycles. The summed E-state index contributed by atoms with van der Waals surface area (Å²) in [7, 11) is 0. The monoisotopic (exact) mass is 442 g/mol. The molecule has 4 atom stereocenters. The smallest absolute Gasteiger partial charge is 0.153 e. The van der Waals surface area contributed by atoms with Crippen molar-refractivity contribution in [2.24, 2.45) is 17.8 Å². The number of hydrogen-bond acceptors (Lipinski definition) is 4. The maximum Gasteiger partial charge on any atom is 0.153 e. The Morgan fingerprint density at radius 2 is 1.56 bits per heavy atom. The molecule has 0 aliphatic heterocycles. The lowest BCUT2D eigenvalue weighted by Gasteiger charge is -2.34. The van der Waals surface area contributed by atoms with Gasteiger partial charge >= 0.3 is 0 Å². The first kappa shape index (κ1) is 26.3. The van der Waals surface area contributed by atoms with Crippen LogP contribution in [0.3, 0.4) is 0 Å². The van der Waals surface area contributed by atoms with Crippen molar-refractivity contribution in [2.45, 2.75) is 85.2 Å². The maximum atomic E-state index is 11.8. The van der Waals surface area contributed by atoms with Crippen LogP contribution in [0.1, 0.15) is 79.1 Å². The van der Waals surface area contributed by atoms with E-state index in [1.165, 1.54) is 25.7 Å². The number of hydrogen-bond donors (Lipinski definition) is 0. The number of rotatable bonds is 16. The van der Waals surface area contributed by atoms with Gasteiger partial charge in [-0.2, -0.15) is 0 Å². The van der Waals surface area contributed by atoms with Gasteiger partial charge in [-0.15, -0.1) is 0 Å². The second-order valence-corrected chi connectivity index (χ2v) is 9.09. The number of carbonyl (C=O) groups is 2. The molecule has 2 aliphatic rings. The van der Waals surface area contributed by atoms with Gasteiger partial charge in [0.1, 0.15) is 12.0 Å². The molecule has 0 aromatic rings. The van der Waals surface area contributed by atoms with E-state index >= 15 is 0 Å². The number of ether oxygens (including phenoxy) is 2. The minimum atomic E-state index is -0.340. The zero-order valence-corrected chi connectivity index (χ0v) is 20.5. The largest absolute Gasteiger partial charge is 0.492 e. The van der Waals surface area contributed by atoms with Gasteiger partial charge in [0, 0.05) is 17.1 Å². The normalized spacial score (nSPS) is 22.0. The van der Waals surface area contributed by atoms with E-state index in [1.54, 1.807) is 0 Å². The average molecular weight is 443 g/mol. The molecule has 2 aliphatic carbocycles. The SMILES string of the molecule is CCCCC(CC)COC1=C(C=O)C=CC2C1=CC=C(C=O)C2OCC(CC)CCCC. The topological polar surface area (TPSA) is 52.6 Å². The Hall–Kier alpha value is -1.94. The zero-order chi connectivity index (χ0) is 23.3. The highest BCUT2D eigenvalue weighted by Crippen LogP contribution is 2.38. The summed E-state index contributed by atoms with van der Waals surface area (Å²) in [6, 6.07) is 0. The lowest BCUT2D eigenvalue weighted by molar-refractivity contribution is -0.107. The third kappa shape index (κ3) is 7.03. The third-order valence-electron chi connectivity index (χ3n) is 6.80. The Labute approximate surface area is 194 Å². The number of unbranched alkanes of at least 4 members (excludes halogenated alkanes) is 2. The summed E-state index contributed by atoms with van der Waals surface area (Å²) in [6.07, 6.45) is 18.1. The molecule has 0 radical (unpaired) electrons. The van der Waals surface area contributed by atoms with Gasteiger partial charge in [0.15, 0.2) is 6.29 Å². The standard InChI is InChI=1S/C28H42O4/c1-5-9-11-21(7-3)19-31-27-23(17-29)13-16-26-25(27)15-14-24(18-30)28(26)32-20-22(8-4)12-10-6-2/h13-18,21-22,25,27H,5-12,19-20H2,1-4H3. The van der Waals surface area contributed by atoms with E-state index in [2.05, 4.69) is 27.7 Å². The molecule has 0 aromatic heterocycles. The fourth-order valence-electron chi connectivity index (χ4n) is 4.45. The highest BCUT2D eigenvalue weighted by Gasteiger charge is 2.35. The summed E-state index contributed by atoms with van der Waals surface area (Å²) in [4.78, 5) is 23.6. The maximum absolute atomic E-state index is 11.8. The minimum Gasteiger partial charge on any atom is -0.492 e. The summed E-state index contributed by atoms with van der Waals surface area (Å²) in [5, 5.41) is 0. The predicted molar refractivity (Wildman–Crippen MR) is 130 cm³/mol. The average Bonchev–Trinajstić information content (AvgIpc) is 2.83. The first-order valence-electron chi connectivity index (χ1n) is 12.6. The molecular formula is C28H42O4. The fraction of sp³-hybridized carbons (Fsp3) is 0.643. The molecule has 4 nitrogen and oxygen atoms in total. The van der Waals surface area contributed by atoms with E-state index in [-0.39, 0.29) is 12.0 Å². The van der Waals surface area contributed by atoms with Crippen molar-refractivity contribution in [3.05, 3.63) is 46.8 Å². The second-order valence-electron chi connectivity index (χ2n) is 9.09. The van der Waals surface area contributed by atoms with Crippen LogP contribution in [0.2, 0.25) is 0 Å². The Bertz CT molecular complexity index is 728. The highest BCUT2D eigenvalue weighted by atomic mass is 16.5. The molecule has 0 amide bonds. The fourth-order valence-corrected chi connectivity index (χ4v) is 4.45. The van der Waals surface area contributed by atoms with Crippen LogP contribution in [0.4, 0.5) is 0 Å². The molecule has 32 heavy (non-hydrogen) atoms. The predicted octanol–water partition coefficient (Wildman–Crippen LogP) is 6.53. The summed E-state index contributed by atoms with van der Waals surface area (Å²) in [6.45, 7) is 10.0. The first-order chi connectivity index (χ1) is 15.6. The Kier molecular flexibility index (Phi) is 11.7. The van der Waals surface area contributed by atoms with Gasteiger partial charge in [-0.3, -0.25) is 9.59 Å². The molecule has 0 saturated heterocycles. The van der Waals surface area contributed by atoms with Crippen molar-refractivity contribution < 1.29 is 19.1 Å². The van der Waals surface area contributed by atoms with Gasteiger partial charge in [0.25, 0.3) is 0 Å². The van der Waals surface area contributed by atoms with E-state index in [0.717, 1.165) is 43.8 Å². The van der Waals surface area contributed by atoms with Crippen LogP contribution in [0.25, 0.3) is 0 Å². The van der Waals surface area contributed by atoms with Gasteiger partial charge < -0.3 is 9.47 Å². The van der Waals surface area contributed by atoms with Gasteiger partial charge in [0.2, 0.25) is 0 Å². The summed E-state index contributed by atoms with van der Waals surface area (Å²) in [5.74, 6) is 1.50. The molecule has 0 heterocycles. The first-order valence-corrected chi connectivity index (χ1v) is 12.6. The second kappa shape index (κ2) is 14.3. The molecule has 0 spiro atoms. The Morgan fingerprint density at radius 1 is 0.906 bits per heavy atom. The molecule has 0 N–H and O–H groups in total. The van der Waals surface area contributed by atoms with Crippen LogP contribution < -0.4 is 0 Å². The molecule has 0 aromatic carbocycles. The van der Waals surface area contributed by atoms with E-state index in [1.807, 2.05) is 24.3 Å². The van der Waals surface area contributed by atoms with Gasteiger partial charge in [-0.05, 0) is 24.7 Å². The highest BCUT2D eigenvalue weighted by molar-refractivity contribution is 5.82. The van der Waals surface area contributed by atoms with Crippen molar-refractivity contribution in [2.75, 3.05) is 13.2 Å². The number of carbonyl (C=O) groups excluding carboxylic acids is 2. The molecule has 0 fully saturated rings. The molecule has 2 rings (SSSR count). The lowest BCUT2D eigenvalue weighted by Crippen LogP contribution is -2.33. The quantitative estimate of drug-likeness (QED) is 0.255. The van der Waals surface area contributed by atoms with Crippen LogP contribution in [-0.2, 0) is 19.1 Å². The van der Waals surface area contributed by atoms with Crippen molar-refractivity contribution >= 4 is 12.6 Å². The van der Waals surface area contributed by atoms with Gasteiger partial charge in [-0.25, -0.2) is 0 Å². The Morgan fingerprint density at radius 3 is 2.12 bits per heavy atom. The zero-order valence-electron chi connectivity index (χ0n) is 20.5. The lowest BCUT2D eigenvalue weighted by atomic mass is 9.79. The van der Waals surface area contributed by atoms with Crippen LogP contribution in [0.5, 0.6) is 0 Å². The third-order valence-corrected chi connectivity index (χ3v) is 6.80. The number of aldehydes is 2. The summed E-state index contributed by atoms with van der Waals surface area (Å²) < 4.78 is 12.6. The van der Waals surface area contributed by atoms with E-state index < -0.39 is 0 Å². The van der Waals surface area contributed by atoms with Crippen molar-refractivity contribution in [3.8, 4) is 0 Å². The van der Waals surface area contributed by atoms with Crippen molar-refractivity contribution in [1.29, 1.82) is 0 Å². The molecule has 4 heteroatoms. The number of fused-ring (bicyclic) bond motifs is 1. The van der Waals surface area contributed by atoms with Crippen LogP contribution in [0, 0.1) is 17.8 Å². The van der Waals surface area contributed by atoms with Crippen LogP contribution >= 0.6 is 0 Å². The van der Waals surface area contributed by atoms with Gasteiger partial charge in [-0.1, -0.05) is 90.5 Å². The Balaban J connectivity index is 2.19. The minimum absolute atomic E-state index is 0.113. The molecule has 178 valence electrons. The van der Waals surface area contributed by atoms with E-state index in [0.29, 0.717) is 42.0 Å². The van der Waals surface area contributed by atoms with Crippen molar-refractivity contribution in [3.63, 3.8) is 0 Å². The molecular weight excluding hydrogens is 400 g/mol. The van der Waals surface area contributed by atoms with E-state index in [4.69, 9.17) is 9.47 Å². The van der Waals surface area contributed by atoms with Crippen LogP contribution in [-0.4, -0.2) is 31.9 Å². The summed E-state index contributed by atoms with van der Waals surface area (Å²) >= 11 is 0.